The first-order valence-electron chi connectivity index (χ1n) is 15.1. The van der Waals surface area contributed by atoms with E-state index in [9.17, 15) is 14.4 Å². The molecule has 1 saturated heterocycles. The molecule has 1 fully saturated rings. The van der Waals surface area contributed by atoms with Crippen LogP contribution < -0.4 is 5.32 Å². The minimum atomic E-state index is -0.865. The maximum Gasteiger partial charge on any atom is 0.243 e. The van der Waals surface area contributed by atoms with Crippen LogP contribution in [0.15, 0.2) is 121 Å². The first-order valence-corrected chi connectivity index (χ1v) is 15.1. The molecule has 4 atom stereocenters. The number of hydrogen-bond donors (Lipinski definition) is 1. The summed E-state index contributed by atoms with van der Waals surface area (Å²) in [4.78, 5) is 45.0. The van der Waals surface area contributed by atoms with Gasteiger partial charge in [0.25, 0.3) is 0 Å². The van der Waals surface area contributed by atoms with Crippen molar-refractivity contribution in [1.82, 2.24) is 10.2 Å². The number of rotatable bonds is 9. The molecular formula is C38H40N2O3. The standard InChI is InChI=1S/C38H40N2O3/c1-38(2,3)26-31(41)40-34(29-20-12-6-13-21-29)33(36(42)30-22-14-7-15-23-30)32(28-18-10-5-11-19-28)35(40)37(43)39-25-24-27-16-8-4-9-17-27/h4-23,32-35H,24-26H2,1-3H3,(H,39,43). The van der Waals surface area contributed by atoms with E-state index in [-0.39, 0.29) is 29.4 Å². The van der Waals surface area contributed by atoms with Crippen molar-refractivity contribution in [2.75, 3.05) is 6.54 Å². The Morgan fingerprint density at radius 1 is 0.698 bits per heavy atom. The highest BCUT2D eigenvalue weighted by molar-refractivity contribution is 6.02. The third-order valence-electron chi connectivity index (χ3n) is 8.15. The number of ketones is 1. The van der Waals surface area contributed by atoms with Crippen molar-refractivity contribution < 1.29 is 14.4 Å². The second-order valence-electron chi connectivity index (χ2n) is 12.6. The molecule has 0 spiro atoms. The number of carbonyl (C=O) groups is 3. The third kappa shape index (κ3) is 6.94. The molecule has 4 aromatic carbocycles. The molecule has 0 aromatic heterocycles. The number of nitrogens with zero attached hydrogens (tertiary/aromatic N) is 1. The molecule has 0 aliphatic carbocycles. The number of Topliss-reactive ketones (excluding diaryl/α,β-unsaturated/α-hetero) is 1. The van der Waals surface area contributed by atoms with Crippen molar-refractivity contribution in [3.63, 3.8) is 0 Å². The van der Waals surface area contributed by atoms with E-state index in [0.717, 1.165) is 16.7 Å². The van der Waals surface area contributed by atoms with E-state index in [1.165, 1.54) is 0 Å². The number of benzene rings is 4. The molecule has 5 rings (SSSR count). The van der Waals surface area contributed by atoms with E-state index in [2.05, 4.69) is 5.32 Å². The minimum absolute atomic E-state index is 0.0727. The summed E-state index contributed by atoms with van der Waals surface area (Å²) in [6.45, 7) is 6.49. The lowest BCUT2D eigenvalue weighted by Crippen LogP contribution is -2.49. The number of carbonyl (C=O) groups excluding carboxylic acids is 3. The van der Waals surface area contributed by atoms with Gasteiger partial charge in [-0.15, -0.1) is 0 Å². The zero-order chi connectivity index (χ0) is 30.4. The van der Waals surface area contributed by atoms with E-state index in [0.29, 0.717) is 18.5 Å². The van der Waals surface area contributed by atoms with Gasteiger partial charge in [0, 0.05) is 24.4 Å². The summed E-state index contributed by atoms with van der Waals surface area (Å²) in [6.07, 6.45) is 0.914. The van der Waals surface area contributed by atoms with Gasteiger partial charge in [0.05, 0.1) is 12.0 Å². The third-order valence-corrected chi connectivity index (χ3v) is 8.15. The first-order chi connectivity index (χ1) is 20.7. The second kappa shape index (κ2) is 13.2. The maximum atomic E-state index is 14.6. The normalized spacial score (nSPS) is 20.0. The fourth-order valence-electron chi connectivity index (χ4n) is 6.32. The average Bonchev–Trinajstić information content (AvgIpc) is 3.38. The molecule has 4 aromatic rings. The Morgan fingerprint density at radius 2 is 1.21 bits per heavy atom. The quantitative estimate of drug-likeness (QED) is 0.219. The maximum absolute atomic E-state index is 14.6. The Morgan fingerprint density at radius 3 is 1.77 bits per heavy atom. The van der Waals surface area contributed by atoms with Crippen molar-refractivity contribution in [2.45, 2.75) is 51.6 Å². The van der Waals surface area contributed by atoms with Gasteiger partial charge >= 0.3 is 0 Å². The lowest BCUT2D eigenvalue weighted by molar-refractivity contribution is -0.142. The average molecular weight is 573 g/mol. The molecule has 2 amide bonds. The van der Waals surface area contributed by atoms with Crippen molar-refractivity contribution in [3.8, 4) is 0 Å². The van der Waals surface area contributed by atoms with Crippen molar-refractivity contribution in [3.05, 3.63) is 144 Å². The van der Waals surface area contributed by atoms with Crippen LogP contribution in [0.4, 0.5) is 0 Å². The molecule has 43 heavy (non-hydrogen) atoms. The molecule has 0 saturated carbocycles. The van der Waals surface area contributed by atoms with Gasteiger partial charge in [-0.25, -0.2) is 0 Å². The SMILES string of the molecule is CC(C)(C)CC(=O)N1C(C(=O)NCCc2ccccc2)C(c2ccccc2)C(C(=O)c2ccccc2)C1c1ccccc1. The van der Waals surface area contributed by atoms with Crippen LogP contribution in [0.2, 0.25) is 0 Å². The van der Waals surface area contributed by atoms with Gasteiger partial charge in [-0.1, -0.05) is 142 Å². The Bertz CT molecular complexity index is 1520. The van der Waals surface area contributed by atoms with Gasteiger partial charge in [-0.3, -0.25) is 14.4 Å². The van der Waals surface area contributed by atoms with Crippen LogP contribution in [-0.4, -0.2) is 35.1 Å². The van der Waals surface area contributed by atoms with Gasteiger partial charge in [0.15, 0.2) is 5.78 Å². The van der Waals surface area contributed by atoms with E-state index in [1.807, 2.05) is 142 Å². The summed E-state index contributed by atoms with van der Waals surface area (Å²) in [5.74, 6) is -1.65. The van der Waals surface area contributed by atoms with Crippen molar-refractivity contribution >= 4 is 17.6 Å². The van der Waals surface area contributed by atoms with E-state index < -0.39 is 23.9 Å². The van der Waals surface area contributed by atoms with Crippen LogP contribution in [0.25, 0.3) is 0 Å². The summed E-state index contributed by atoms with van der Waals surface area (Å²) in [6, 6.07) is 37.2. The molecule has 220 valence electrons. The van der Waals surface area contributed by atoms with Crippen molar-refractivity contribution in [1.29, 1.82) is 0 Å². The fraction of sp³-hybridized carbons (Fsp3) is 0.289. The lowest BCUT2D eigenvalue weighted by atomic mass is 9.76. The minimum Gasteiger partial charge on any atom is -0.354 e. The number of amides is 2. The Labute approximate surface area is 255 Å². The smallest absolute Gasteiger partial charge is 0.243 e. The van der Waals surface area contributed by atoms with Gasteiger partial charge < -0.3 is 10.2 Å². The predicted molar refractivity (Wildman–Crippen MR) is 170 cm³/mol. The lowest BCUT2D eigenvalue weighted by Gasteiger charge is -2.33. The van der Waals surface area contributed by atoms with E-state index in [4.69, 9.17) is 0 Å². The van der Waals surface area contributed by atoms with Crippen LogP contribution in [0.3, 0.4) is 0 Å². The zero-order valence-corrected chi connectivity index (χ0v) is 25.1. The molecular weight excluding hydrogens is 532 g/mol. The molecule has 0 radical (unpaired) electrons. The predicted octanol–water partition coefficient (Wildman–Crippen LogP) is 7.02. The topological polar surface area (TPSA) is 66.5 Å². The highest BCUT2D eigenvalue weighted by atomic mass is 16.2. The summed E-state index contributed by atoms with van der Waals surface area (Å²) >= 11 is 0. The summed E-state index contributed by atoms with van der Waals surface area (Å²) in [5.41, 5.74) is 3.10. The summed E-state index contributed by atoms with van der Waals surface area (Å²) in [5, 5.41) is 3.15. The molecule has 4 unspecified atom stereocenters. The number of nitrogens with one attached hydrogen (secondary N) is 1. The molecule has 5 heteroatoms. The van der Waals surface area contributed by atoms with Crippen LogP contribution in [0.1, 0.15) is 66.2 Å². The Kier molecular flexibility index (Phi) is 9.20. The molecule has 5 nitrogen and oxygen atoms in total. The summed E-state index contributed by atoms with van der Waals surface area (Å²) in [7, 11) is 0. The van der Waals surface area contributed by atoms with E-state index in [1.54, 1.807) is 4.90 Å². The van der Waals surface area contributed by atoms with Crippen LogP contribution in [0, 0.1) is 11.3 Å². The highest BCUT2D eigenvalue weighted by Crippen LogP contribution is 2.51. The second-order valence-corrected chi connectivity index (χ2v) is 12.6. The molecule has 1 aliphatic rings. The summed E-state index contributed by atoms with van der Waals surface area (Å²) < 4.78 is 0. The zero-order valence-electron chi connectivity index (χ0n) is 25.1. The van der Waals surface area contributed by atoms with Gasteiger partial charge in [-0.05, 0) is 28.5 Å². The molecule has 1 N–H and O–H groups in total. The van der Waals surface area contributed by atoms with Crippen LogP contribution in [0.5, 0.6) is 0 Å². The number of likely N-dealkylation sites (tertiary alicyclic amines) is 1. The first kappa shape index (κ1) is 30.0. The number of hydrogen-bond acceptors (Lipinski definition) is 3. The van der Waals surface area contributed by atoms with E-state index >= 15 is 0 Å². The molecule has 0 bridgehead atoms. The highest BCUT2D eigenvalue weighted by Gasteiger charge is 2.57. The van der Waals surface area contributed by atoms with Gasteiger partial charge in [-0.2, -0.15) is 0 Å². The Balaban J connectivity index is 1.64. The van der Waals surface area contributed by atoms with Crippen LogP contribution >= 0.6 is 0 Å². The fourth-order valence-corrected chi connectivity index (χ4v) is 6.32. The van der Waals surface area contributed by atoms with Crippen LogP contribution in [-0.2, 0) is 16.0 Å². The van der Waals surface area contributed by atoms with Crippen molar-refractivity contribution in [2.24, 2.45) is 11.3 Å². The molecule has 1 heterocycles. The monoisotopic (exact) mass is 572 g/mol. The molecule has 1 aliphatic heterocycles. The van der Waals surface area contributed by atoms with Gasteiger partial charge in [0.2, 0.25) is 11.8 Å². The largest absolute Gasteiger partial charge is 0.354 e. The Hall–Kier alpha value is -4.51. The van der Waals surface area contributed by atoms with Gasteiger partial charge in [0.1, 0.15) is 6.04 Å².